The van der Waals surface area contributed by atoms with Crippen molar-refractivity contribution in [3.8, 4) is 6.07 Å². The Morgan fingerprint density at radius 3 is 2.80 bits per heavy atom. The molecule has 0 aliphatic heterocycles. The van der Waals surface area contributed by atoms with Crippen LogP contribution in [0, 0.1) is 23.0 Å². The van der Waals surface area contributed by atoms with Gasteiger partial charge in [0.25, 0.3) is 0 Å². The fourth-order valence-electron chi connectivity index (χ4n) is 1.38. The van der Waals surface area contributed by atoms with Crippen LogP contribution in [0.5, 0.6) is 0 Å². The first kappa shape index (κ1) is 9.53. The second-order valence-electron chi connectivity index (χ2n) is 3.10. The predicted octanol–water partition coefficient (Wildman–Crippen LogP) is 2.58. The number of nitrogens with zero attached hydrogens (tertiary/aromatic N) is 2. The van der Waals surface area contributed by atoms with Crippen LogP contribution >= 0.6 is 0 Å². The van der Waals surface area contributed by atoms with E-state index in [9.17, 15) is 8.78 Å². The Morgan fingerprint density at radius 2 is 2.07 bits per heavy atom. The minimum atomic E-state index is -0.704. The standard InChI is InChI=1S/C11H6F2N2/c12-8-5-7-1-2-9(3-4-14)15-11(7)10(13)6-8/h1-2,5-6H,3H2. The van der Waals surface area contributed by atoms with Crippen LogP contribution < -0.4 is 0 Å². The minimum absolute atomic E-state index is 0.101. The van der Waals surface area contributed by atoms with Crippen molar-refractivity contribution in [3.63, 3.8) is 0 Å². The molecule has 0 spiro atoms. The van der Waals surface area contributed by atoms with Gasteiger partial charge in [-0.25, -0.2) is 13.8 Å². The SMILES string of the molecule is N#CCc1ccc2cc(F)cc(F)c2n1. The molecule has 74 valence electrons. The molecule has 0 saturated carbocycles. The molecule has 0 aliphatic rings. The van der Waals surface area contributed by atoms with Crippen molar-refractivity contribution in [2.45, 2.75) is 6.42 Å². The molecule has 1 heterocycles. The lowest BCUT2D eigenvalue weighted by molar-refractivity contribution is 0.590. The summed E-state index contributed by atoms with van der Waals surface area (Å²) in [5.41, 5.74) is 0.583. The Labute approximate surface area is 84.8 Å². The molecule has 2 nitrogen and oxygen atoms in total. The normalized spacial score (nSPS) is 10.2. The second kappa shape index (κ2) is 3.62. The molecule has 0 aliphatic carbocycles. The van der Waals surface area contributed by atoms with Gasteiger partial charge in [0.2, 0.25) is 0 Å². The summed E-state index contributed by atoms with van der Waals surface area (Å²) in [6.07, 6.45) is 0.118. The van der Waals surface area contributed by atoms with E-state index in [0.717, 1.165) is 6.07 Å². The van der Waals surface area contributed by atoms with Crippen molar-refractivity contribution in [2.75, 3.05) is 0 Å². The second-order valence-corrected chi connectivity index (χ2v) is 3.10. The molecular formula is C11H6F2N2. The van der Waals surface area contributed by atoms with Gasteiger partial charge in [0.05, 0.1) is 18.2 Å². The number of hydrogen-bond donors (Lipinski definition) is 0. The Bertz CT molecular complexity index is 558. The number of hydrogen-bond acceptors (Lipinski definition) is 2. The molecule has 1 aromatic carbocycles. The molecule has 4 heteroatoms. The molecule has 15 heavy (non-hydrogen) atoms. The maximum atomic E-state index is 13.3. The molecule has 0 saturated heterocycles. The Hall–Kier alpha value is -2.02. The van der Waals surface area contributed by atoms with Gasteiger partial charge < -0.3 is 0 Å². The van der Waals surface area contributed by atoms with Crippen LogP contribution in [0.4, 0.5) is 8.78 Å². The van der Waals surface area contributed by atoms with Gasteiger partial charge in [0.1, 0.15) is 11.3 Å². The zero-order chi connectivity index (χ0) is 10.8. The molecule has 2 rings (SSSR count). The van der Waals surface area contributed by atoms with Crippen molar-refractivity contribution < 1.29 is 8.78 Å². The lowest BCUT2D eigenvalue weighted by atomic mass is 10.1. The van der Waals surface area contributed by atoms with E-state index >= 15 is 0 Å². The first-order valence-electron chi connectivity index (χ1n) is 4.32. The third-order valence-corrected chi connectivity index (χ3v) is 2.03. The zero-order valence-corrected chi connectivity index (χ0v) is 7.67. The predicted molar refractivity (Wildman–Crippen MR) is 51.0 cm³/mol. The van der Waals surface area contributed by atoms with E-state index in [4.69, 9.17) is 5.26 Å². The summed E-state index contributed by atoms with van der Waals surface area (Å²) < 4.78 is 26.1. The van der Waals surface area contributed by atoms with Gasteiger partial charge in [-0.1, -0.05) is 6.07 Å². The van der Waals surface area contributed by atoms with Crippen molar-refractivity contribution in [2.24, 2.45) is 0 Å². The summed E-state index contributed by atoms with van der Waals surface area (Å²) in [6, 6.07) is 7.06. The average molecular weight is 204 g/mol. The summed E-state index contributed by atoms with van der Waals surface area (Å²) in [4.78, 5) is 3.94. The van der Waals surface area contributed by atoms with E-state index in [1.165, 1.54) is 6.07 Å². The van der Waals surface area contributed by atoms with Crippen LogP contribution in [0.25, 0.3) is 10.9 Å². The largest absolute Gasteiger partial charge is 0.249 e. The molecule has 0 fully saturated rings. The molecular weight excluding hydrogens is 198 g/mol. The van der Waals surface area contributed by atoms with Crippen LogP contribution in [-0.2, 0) is 6.42 Å². The number of halogens is 2. The van der Waals surface area contributed by atoms with Gasteiger partial charge in [-0.05, 0) is 12.1 Å². The number of fused-ring (bicyclic) bond motifs is 1. The summed E-state index contributed by atoms with van der Waals surface area (Å²) in [7, 11) is 0. The molecule has 0 atom stereocenters. The highest BCUT2D eigenvalue weighted by molar-refractivity contribution is 5.79. The van der Waals surface area contributed by atoms with E-state index in [-0.39, 0.29) is 11.9 Å². The highest BCUT2D eigenvalue weighted by atomic mass is 19.1. The highest BCUT2D eigenvalue weighted by Crippen LogP contribution is 2.18. The quantitative estimate of drug-likeness (QED) is 0.715. The molecule has 1 aromatic heterocycles. The highest BCUT2D eigenvalue weighted by Gasteiger charge is 2.06. The van der Waals surface area contributed by atoms with E-state index in [1.54, 1.807) is 12.1 Å². The van der Waals surface area contributed by atoms with Crippen LogP contribution in [0.2, 0.25) is 0 Å². The zero-order valence-electron chi connectivity index (χ0n) is 7.67. The fraction of sp³-hybridized carbons (Fsp3) is 0.0909. The number of pyridine rings is 1. The fourth-order valence-corrected chi connectivity index (χ4v) is 1.38. The number of nitriles is 1. The van der Waals surface area contributed by atoms with E-state index < -0.39 is 11.6 Å². The van der Waals surface area contributed by atoms with Crippen LogP contribution in [0.3, 0.4) is 0 Å². The summed E-state index contributed by atoms with van der Waals surface area (Å²) in [6.45, 7) is 0. The maximum absolute atomic E-state index is 13.3. The third-order valence-electron chi connectivity index (χ3n) is 2.03. The molecule has 0 N–H and O–H groups in total. The Balaban J connectivity index is 2.67. The molecule has 0 bridgehead atoms. The average Bonchev–Trinajstić information content (AvgIpc) is 2.19. The Kier molecular flexibility index (Phi) is 2.30. The Morgan fingerprint density at radius 1 is 1.27 bits per heavy atom. The summed E-state index contributed by atoms with van der Waals surface area (Å²) in [5.74, 6) is -1.33. The van der Waals surface area contributed by atoms with Crippen molar-refractivity contribution in [3.05, 3.63) is 41.6 Å². The number of aromatic nitrogens is 1. The lowest BCUT2D eigenvalue weighted by Gasteiger charge is -2.01. The van der Waals surface area contributed by atoms with Gasteiger partial charge in [0.15, 0.2) is 5.82 Å². The van der Waals surface area contributed by atoms with Gasteiger partial charge >= 0.3 is 0 Å². The van der Waals surface area contributed by atoms with Crippen LogP contribution in [0.15, 0.2) is 24.3 Å². The monoisotopic (exact) mass is 204 g/mol. The van der Waals surface area contributed by atoms with Crippen LogP contribution in [0.1, 0.15) is 5.69 Å². The van der Waals surface area contributed by atoms with Gasteiger partial charge in [0, 0.05) is 11.5 Å². The number of benzene rings is 1. The van der Waals surface area contributed by atoms with E-state index in [1.807, 2.05) is 6.07 Å². The van der Waals surface area contributed by atoms with E-state index in [0.29, 0.717) is 11.1 Å². The minimum Gasteiger partial charge on any atom is -0.249 e. The topological polar surface area (TPSA) is 36.7 Å². The van der Waals surface area contributed by atoms with E-state index in [2.05, 4.69) is 4.98 Å². The first-order chi connectivity index (χ1) is 7.20. The maximum Gasteiger partial charge on any atom is 0.152 e. The lowest BCUT2D eigenvalue weighted by Crippen LogP contribution is -1.92. The number of rotatable bonds is 1. The molecule has 2 aromatic rings. The smallest absolute Gasteiger partial charge is 0.152 e. The molecule has 0 amide bonds. The summed E-state index contributed by atoms with van der Waals surface area (Å²) >= 11 is 0. The van der Waals surface area contributed by atoms with Gasteiger partial charge in [-0.3, -0.25) is 0 Å². The summed E-state index contributed by atoms with van der Waals surface area (Å²) in [5, 5.41) is 8.86. The van der Waals surface area contributed by atoms with Gasteiger partial charge in [-0.15, -0.1) is 0 Å². The molecule has 0 unspecified atom stereocenters. The first-order valence-corrected chi connectivity index (χ1v) is 4.32. The van der Waals surface area contributed by atoms with Gasteiger partial charge in [-0.2, -0.15) is 5.26 Å². The van der Waals surface area contributed by atoms with Crippen molar-refractivity contribution >= 4 is 10.9 Å². The van der Waals surface area contributed by atoms with Crippen molar-refractivity contribution in [1.82, 2.24) is 4.98 Å². The van der Waals surface area contributed by atoms with Crippen LogP contribution in [-0.4, -0.2) is 4.98 Å². The van der Waals surface area contributed by atoms with Crippen molar-refractivity contribution in [1.29, 1.82) is 5.26 Å². The molecule has 0 radical (unpaired) electrons. The third kappa shape index (κ3) is 1.77.